The van der Waals surface area contributed by atoms with Gasteiger partial charge in [0.05, 0.1) is 0 Å². The second-order valence-corrected chi connectivity index (χ2v) is 6.17. The minimum absolute atomic E-state index is 0.0935. The molecule has 0 fully saturated rings. The lowest BCUT2D eigenvalue weighted by atomic mass is 10.1. The van der Waals surface area contributed by atoms with Gasteiger partial charge in [-0.1, -0.05) is 57.6 Å². The SMILES string of the molecule is CCCCCC/C=C\CCCCCCCC([N+](=O)[O-])([N+](=O)[O-])[N+](=O)[O-]. The van der Waals surface area contributed by atoms with Gasteiger partial charge in [-0.25, -0.2) is 0 Å². The number of hydrogen-bond donors (Lipinski definition) is 0. The molecule has 0 spiro atoms. The summed E-state index contributed by atoms with van der Waals surface area (Å²) >= 11 is 0. The first-order chi connectivity index (χ1) is 11.9. The lowest BCUT2D eigenvalue weighted by Crippen LogP contribution is -2.53. The number of hydrogen-bond acceptors (Lipinski definition) is 6. The molecule has 0 aromatic heterocycles. The maximum absolute atomic E-state index is 10.8. The number of allylic oxidation sites excluding steroid dienone is 2. The molecule has 0 aliphatic carbocycles. The second-order valence-electron chi connectivity index (χ2n) is 6.17. The summed E-state index contributed by atoms with van der Waals surface area (Å²) in [6, 6.07) is 0. The minimum Gasteiger partial charge on any atom is -0.253 e. The Morgan fingerprint density at radius 1 is 0.680 bits per heavy atom. The van der Waals surface area contributed by atoms with E-state index in [0.29, 0.717) is 6.42 Å². The van der Waals surface area contributed by atoms with Gasteiger partial charge in [0.25, 0.3) is 0 Å². The molecule has 0 aromatic carbocycles. The molecule has 0 aliphatic rings. The second kappa shape index (κ2) is 13.3. The molecule has 0 bridgehead atoms. The van der Waals surface area contributed by atoms with Gasteiger partial charge in [0.1, 0.15) is 0 Å². The van der Waals surface area contributed by atoms with Gasteiger partial charge >= 0.3 is 5.79 Å². The zero-order valence-corrected chi connectivity index (χ0v) is 14.9. The zero-order chi connectivity index (χ0) is 19.1. The van der Waals surface area contributed by atoms with Gasteiger partial charge in [-0.2, -0.15) is 0 Å². The van der Waals surface area contributed by atoms with Crippen LogP contribution in [0.4, 0.5) is 0 Å². The molecule has 0 N–H and O–H groups in total. The number of nitrogens with zero attached hydrogens (tertiary/aromatic N) is 3. The van der Waals surface area contributed by atoms with E-state index < -0.39 is 27.0 Å². The highest BCUT2D eigenvalue weighted by molar-refractivity contribution is 4.81. The fourth-order valence-corrected chi connectivity index (χ4v) is 2.55. The van der Waals surface area contributed by atoms with Crippen molar-refractivity contribution in [3.05, 3.63) is 42.5 Å². The third-order valence-corrected chi connectivity index (χ3v) is 4.15. The van der Waals surface area contributed by atoms with Crippen molar-refractivity contribution >= 4 is 0 Å². The van der Waals surface area contributed by atoms with Crippen molar-refractivity contribution in [2.45, 2.75) is 89.8 Å². The number of rotatable bonds is 16. The van der Waals surface area contributed by atoms with Gasteiger partial charge in [-0.15, -0.1) is 0 Å². The summed E-state index contributed by atoms with van der Waals surface area (Å²) in [7, 11) is 0. The molecule has 25 heavy (non-hydrogen) atoms. The first kappa shape index (κ1) is 22.9. The van der Waals surface area contributed by atoms with Crippen LogP contribution in [0.1, 0.15) is 84.0 Å². The molecular formula is C16H29N3O6. The van der Waals surface area contributed by atoms with E-state index >= 15 is 0 Å². The van der Waals surface area contributed by atoms with E-state index in [1.807, 2.05) is 0 Å². The summed E-state index contributed by atoms with van der Waals surface area (Å²) in [5, 5.41) is 32.3. The Balaban J connectivity index is 3.84. The van der Waals surface area contributed by atoms with Crippen LogP contribution in [-0.2, 0) is 0 Å². The highest BCUT2D eigenvalue weighted by Crippen LogP contribution is 2.21. The van der Waals surface area contributed by atoms with E-state index in [-0.39, 0.29) is 6.42 Å². The first-order valence-corrected chi connectivity index (χ1v) is 8.98. The Morgan fingerprint density at radius 3 is 1.52 bits per heavy atom. The molecule has 0 amide bonds. The van der Waals surface area contributed by atoms with Crippen molar-refractivity contribution in [1.82, 2.24) is 0 Å². The van der Waals surface area contributed by atoms with Crippen LogP contribution in [0.15, 0.2) is 12.2 Å². The summed E-state index contributed by atoms with van der Waals surface area (Å²) in [6.07, 6.45) is 14.0. The fourth-order valence-electron chi connectivity index (χ4n) is 2.55. The van der Waals surface area contributed by atoms with Gasteiger partial charge in [0, 0.05) is 0 Å². The summed E-state index contributed by atoms with van der Waals surface area (Å²) in [4.78, 5) is 28.1. The van der Waals surface area contributed by atoms with Crippen LogP contribution in [-0.4, -0.2) is 20.6 Å². The maximum atomic E-state index is 10.8. The van der Waals surface area contributed by atoms with Crippen LogP contribution in [0.25, 0.3) is 0 Å². The van der Waals surface area contributed by atoms with Gasteiger partial charge in [0.15, 0.2) is 21.2 Å². The van der Waals surface area contributed by atoms with Crippen molar-refractivity contribution in [1.29, 1.82) is 0 Å². The van der Waals surface area contributed by atoms with Crippen LogP contribution >= 0.6 is 0 Å². The van der Waals surface area contributed by atoms with E-state index in [0.717, 1.165) is 32.1 Å². The third-order valence-electron chi connectivity index (χ3n) is 4.15. The summed E-state index contributed by atoms with van der Waals surface area (Å²) in [5.74, 6) is -3.31. The molecule has 0 atom stereocenters. The molecule has 0 aromatic rings. The van der Waals surface area contributed by atoms with E-state index in [1.54, 1.807) is 0 Å². The first-order valence-electron chi connectivity index (χ1n) is 8.98. The molecular weight excluding hydrogens is 330 g/mol. The van der Waals surface area contributed by atoms with Gasteiger partial charge in [-0.3, -0.25) is 30.3 Å². The van der Waals surface area contributed by atoms with Crippen molar-refractivity contribution in [3.8, 4) is 0 Å². The van der Waals surface area contributed by atoms with Crippen LogP contribution in [0, 0.1) is 30.3 Å². The molecule has 144 valence electrons. The Morgan fingerprint density at radius 2 is 1.08 bits per heavy atom. The van der Waals surface area contributed by atoms with Crippen molar-refractivity contribution in [3.63, 3.8) is 0 Å². The lowest BCUT2D eigenvalue weighted by molar-refractivity contribution is -0.970. The Kier molecular flexibility index (Phi) is 12.2. The predicted octanol–water partition coefficient (Wildman–Crippen LogP) is 4.73. The van der Waals surface area contributed by atoms with E-state index in [9.17, 15) is 30.3 Å². The normalized spacial score (nSPS) is 11.7. The molecule has 0 heterocycles. The van der Waals surface area contributed by atoms with Gasteiger partial charge < -0.3 is 0 Å². The monoisotopic (exact) mass is 359 g/mol. The molecule has 0 saturated heterocycles. The Bertz CT molecular complexity index is 417. The van der Waals surface area contributed by atoms with Gasteiger partial charge in [0.2, 0.25) is 0 Å². The quantitative estimate of drug-likeness (QED) is 0.129. The fraction of sp³-hybridized carbons (Fsp3) is 0.875. The van der Waals surface area contributed by atoms with Crippen LogP contribution < -0.4 is 0 Å². The van der Waals surface area contributed by atoms with Gasteiger partial charge in [-0.05, 0) is 32.1 Å². The van der Waals surface area contributed by atoms with Crippen LogP contribution in [0.5, 0.6) is 0 Å². The molecule has 0 unspecified atom stereocenters. The molecule has 0 rings (SSSR count). The average molecular weight is 359 g/mol. The predicted molar refractivity (Wildman–Crippen MR) is 93.9 cm³/mol. The minimum atomic E-state index is -3.31. The largest absolute Gasteiger partial charge is 0.699 e. The molecule has 9 heteroatoms. The van der Waals surface area contributed by atoms with E-state index in [4.69, 9.17) is 0 Å². The molecule has 0 radical (unpaired) electrons. The smallest absolute Gasteiger partial charge is 0.253 e. The lowest BCUT2D eigenvalue weighted by Gasteiger charge is -2.08. The molecule has 9 nitrogen and oxygen atoms in total. The van der Waals surface area contributed by atoms with Crippen molar-refractivity contribution in [2.75, 3.05) is 0 Å². The van der Waals surface area contributed by atoms with E-state index in [1.165, 1.54) is 25.7 Å². The summed E-state index contributed by atoms with van der Waals surface area (Å²) < 4.78 is 0. The molecule has 0 aliphatic heterocycles. The van der Waals surface area contributed by atoms with Crippen molar-refractivity contribution < 1.29 is 14.8 Å². The summed E-state index contributed by atoms with van der Waals surface area (Å²) in [5.41, 5.74) is 0. The highest BCUT2D eigenvalue weighted by Gasteiger charge is 2.69. The number of nitro groups is 3. The molecule has 0 saturated carbocycles. The maximum Gasteiger partial charge on any atom is 0.699 e. The Hall–Kier alpha value is -2.06. The summed E-state index contributed by atoms with van der Waals surface area (Å²) in [6.45, 7) is 2.18. The zero-order valence-electron chi connectivity index (χ0n) is 14.9. The average Bonchev–Trinajstić information content (AvgIpc) is 2.54. The topological polar surface area (TPSA) is 129 Å². The highest BCUT2D eigenvalue weighted by atomic mass is 16.7. The van der Waals surface area contributed by atoms with Crippen LogP contribution in [0.3, 0.4) is 0 Å². The van der Waals surface area contributed by atoms with E-state index in [2.05, 4.69) is 19.1 Å². The van der Waals surface area contributed by atoms with Crippen LogP contribution in [0.2, 0.25) is 0 Å². The standard InChI is InChI=1S/C16H29N3O6/c1-2-3-4-5-6-7-8-9-10-11-12-13-14-15-16(17(20)21,18(22)23)19(24)25/h7-8H,2-6,9-15H2,1H3/b8-7-. The number of unbranched alkanes of at least 4 members (excludes halogenated alkanes) is 9. The van der Waals surface area contributed by atoms with Crippen molar-refractivity contribution in [2.24, 2.45) is 0 Å². The Labute approximate surface area is 147 Å². The third kappa shape index (κ3) is 8.55.